The number of ether oxygens (including phenoxy) is 3. The van der Waals surface area contributed by atoms with E-state index < -0.39 is 0 Å². The van der Waals surface area contributed by atoms with E-state index >= 15 is 0 Å². The molecule has 0 saturated heterocycles. The Morgan fingerprint density at radius 2 is 2.09 bits per heavy atom. The number of aliphatic imine (C=N–C) groups is 2. The van der Waals surface area contributed by atoms with Gasteiger partial charge in [0.25, 0.3) is 5.91 Å². The summed E-state index contributed by atoms with van der Waals surface area (Å²) in [5, 5.41) is 6.31. The minimum absolute atomic E-state index is 0.0135. The molecule has 8 nitrogen and oxygen atoms in total. The number of carbonyl (C=O) groups is 1. The van der Waals surface area contributed by atoms with Crippen LogP contribution in [0.15, 0.2) is 69.6 Å². The highest BCUT2D eigenvalue weighted by Gasteiger charge is 2.23. The SMILES string of the molecule is COC1=CC(NC2=NC(c3ccc4c(c3)OCC(=O)N4)=CCCC3C=C2N=CC3)=CCC1OC. The number of methoxy groups -OCH3 is 2. The minimum Gasteiger partial charge on any atom is -0.498 e. The Morgan fingerprint density at radius 3 is 2.94 bits per heavy atom. The number of hydrogen-bond donors (Lipinski definition) is 2. The van der Waals surface area contributed by atoms with Gasteiger partial charge in [0.05, 0.1) is 18.5 Å². The van der Waals surface area contributed by atoms with Crippen molar-refractivity contribution >= 4 is 29.3 Å². The molecule has 1 amide bonds. The second-order valence-electron chi connectivity index (χ2n) is 8.53. The third kappa shape index (κ3) is 4.68. The van der Waals surface area contributed by atoms with E-state index in [1.807, 2.05) is 30.5 Å². The summed E-state index contributed by atoms with van der Waals surface area (Å²) in [5.41, 5.74) is 4.13. The summed E-state index contributed by atoms with van der Waals surface area (Å²) >= 11 is 0. The van der Waals surface area contributed by atoms with Crippen molar-refractivity contribution in [2.45, 2.75) is 31.8 Å². The van der Waals surface area contributed by atoms with Gasteiger partial charge in [0.2, 0.25) is 0 Å². The summed E-state index contributed by atoms with van der Waals surface area (Å²) in [6, 6.07) is 5.74. The van der Waals surface area contributed by atoms with Crippen LogP contribution in [0.25, 0.3) is 5.70 Å². The quantitative estimate of drug-likeness (QED) is 0.710. The van der Waals surface area contributed by atoms with Gasteiger partial charge in [-0.2, -0.15) is 0 Å². The lowest BCUT2D eigenvalue weighted by molar-refractivity contribution is -0.118. The first-order valence-electron chi connectivity index (χ1n) is 11.5. The van der Waals surface area contributed by atoms with Crippen LogP contribution < -0.4 is 15.4 Å². The number of nitrogens with zero attached hydrogens (tertiary/aromatic N) is 2. The van der Waals surface area contributed by atoms with Crippen molar-refractivity contribution in [2.75, 3.05) is 26.1 Å². The highest BCUT2D eigenvalue weighted by atomic mass is 16.5. The fourth-order valence-electron chi connectivity index (χ4n) is 4.41. The van der Waals surface area contributed by atoms with Crippen molar-refractivity contribution in [2.24, 2.45) is 15.9 Å². The zero-order valence-corrected chi connectivity index (χ0v) is 19.3. The van der Waals surface area contributed by atoms with Crippen LogP contribution in [-0.2, 0) is 14.3 Å². The van der Waals surface area contributed by atoms with Crippen molar-refractivity contribution < 1.29 is 19.0 Å². The molecule has 0 spiro atoms. The Bertz CT molecular complexity index is 1180. The number of carbonyl (C=O) groups excluding carboxylic acids is 1. The fourth-order valence-corrected chi connectivity index (χ4v) is 4.41. The maximum absolute atomic E-state index is 11.6. The Hall–Kier alpha value is -3.65. The largest absolute Gasteiger partial charge is 0.498 e. The second-order valence-corrected chi connectivity index (χ2v) is 8.53. The Balaban J connectivity index is 1.50. The lowest BCUT2D eigenvalue weighted by Gasteiger charge is -2.23. The molecule has 4 aliphatic rings. The molecule has 2 N–H and O–H groups in total. The van der Waals surface area contributed by atoms with Gasteiger partial charge in [-0.3, -0.25) is 9.79 Å². The summed E-state index contributed by atoms with van der Waals surface area (Å²) in [6.45, 7) is 0.0135. The highest BCUT2D eigenvalue weighted by molar-refractivity contribution is 6.04. The van der Waals surface area contributed by atoms with Crippen LogP contribution in [0.5, 0.6) is 5.75 Å². The molecule has 1 aromatic carbocycles. The van der Waals surface area contributed by atoms with Crippen molar-refractivity contribution in [3.63, 3.8) is 0 Å². The van der Waals surface area contributed by atoms with E-state index in [-0.39, 0.29) is 18.6 Å². The number of amides is 1. The summed E-state index contributed by atoms with van der Waals surface area (Å²) < 4.78 is 16.7. The van der Waals surface area contributed by atoms with Gasteiger partial charge < -0.3 is 24.8 Å². The van der Waals surface area contributed by atoms with Gasteiger partial charge in [0.15, 0.2) is 12.4 Å². The first-order chi connectivity index (χ1) is 16.6. The average Bonchev–Trinajstić information content (AvgIpc) is 2.92. The molecule has 176 valence electrons. The normalized spacial score (nSPS) is 23.8. The second kappa shape index (κ2) is 9.69. The van der Waals surface area contributed by atoms with Gasteiger partial charge in [-0.25, -0.2) is 4.99 Å². The predicted octanol–water partition coefficient (Wildman–Crippen LogP) is 3.95. The van der Waals surface area contributed by atoms with Gasteiger partial charge >= 0.3 is 0 Å². The first kappa shape index (κ1) is 22.2. The molecule has 5 rings (SSSR count). The smallest absolute Gasteiger partial charge is 0.262 e. The lowest BCUT2D eigenvalue weighted by Crippen LogP contribution is -2.28. The molecular weight excluding hydrogens is 432 g/mol. The standard InChI is InChI=1S/C26H28N4O4/c1-32-22-9-7-18(14-24(22)33-2)28-26-21-12-16(10-11-27-21)4-3-5-19(30-26)17-6-8-20-23(13-17)34-15-25(31)29-20/h5-8,11-14,16,22H,3-4,9-10,15H2,1-2H3,(H,28,30)(H,29,31). The van der Waals surface area contributed by atoms with Crippen LogP contribution in [0.1, 0.15) is 31.2 Å². The Morgan fingerprint density at radius 1 is 1.18 bits per heavy atom. The third-order valence-corrected chi connectivity index (χ3v) is 6.24. The maximum atomic E-state index is 11.6. The minimum atomic E-state index is -0.150. The molecule has 0 aromatic heterocycles. The predicted molar refractivity (Wildman–Crippen MR) is 132 cm³/mol. The number of amidine groups is 1. The number of anilines is 1. The molecule has 3 heterocycles. The summed E-state index contributed by atoms with van der Waals surface area (Å²) in [5.74, 6) is 2.35. The molecular formula is C26H28N4O4. The molecule has 0 radical (unpaired) electrons. The van der Waals surface area contributed by atoms with Crippen LogP contribution in [0.4, 0.5) is 5.69 Å². The van der Waals surface area contributed by atoms with Crippen LogP contribution in [0.3, 0.4) is 0 Å². The van der Waals surface area contributed by atoms with E-state index in [0.717, 1.165) is 47.7 Å². The molecule has 0 fully saturated rings. The van der Waals surface area contributed by atoms with Crippen molar-refractivity contribution in [1.29, 1.82) is 0 Å². The number of allylic oxidation sites excluding steroid dienone is 3. The summed E-state index contributed by atoms with van der Waals surface area (Å²) in [7, 11) is 3.33. The number of rotatable bonds is 4. The van der Waals surface area contributed by atoms with E-state index in [9.17, 15) is 4.79 Å². The van der Waals surface area contributed by atoms with Crippen LogP contribution in [0, 0.1) is 5.92 Å². The number of nitrogens with one attached hydrogen (secondary N) is 2. The zero-order valence-electron chi connectivity index (χ0n) is 19.3. The zero-order chi connectivity index (χ0) is 23.5. The number of hydrogen-bond acceptors (Lipinski definition) is 7. The average molecular weight is 461 g/mol. The molecule has 0 saturated carbocycles. The maximum Gasteiger partial charge on any atom is 0.262 e. The topological polar surface area (TPSA) is 93.5 Å². The molecule has 2 bridgehead atoms. The monoisotopic (exact) mass is 460 g/mol. The number of benzene rings is 1. The van der Waals surface area contributed by atoms with E-state index in [1.54, 1.807) is 14.2 Å². The molecule has 2 unspecified atom stereocenters. The van der Waals surface area contributed by atoms with Crippen LogP contribution >= 0.6 is 0 Å². The van der Waals surface area contributed by atoms with Gasteiger partial charge in [-0.1, -0.05) is 24.3 Å². The molecule has 3 aliphatic heterocycles. The van der Waals surface area contributed by atoms with E-state index in [4.69, 9.17) is 19.2 Å². The van der Waals surface area contributed by atoms with Gasteiger partial charge in [0.1, 0.15) is 23.3 Å². The van der Waals surface area contributed by atoms with Crippen molar-refractivity contribution in [1.82, 2.24) is 5.32 Å². The van der Waals surface area contributed by atoms with Gasteiger partial charge in [-0.05, 0) is 37.3 Å². The van der Waals surface area contributed by atoms with E-state index in [0.29, 0.717) is 29.6 Å². The Labute approximate surface area is 198 Å². The molecule has 1 aliphatic carbocycles. The van der Waals surface area contributed by atoms with Crippen molar-refractivity contribution in [3.05, 3.63) is 65.2 Å². The summed E-state index contributed by atoms with van der Waals surface area (Å²) in [4.78, 5) is 21.3. The molecule has 34 heavy (non-hydrogen) atoms. The summed E-state index contributed by atoms with van der Waals surface area (Å²) in [6.07, 6.45) is 13.8. The Kier molecular flexibility index (Phi) is 6.31. The first-order valence-corrected chi connectivity index (χ1v) is 11.5. The van der Waals surface area contributed by atoms with E-state index in [2.05, 4.69) is 33.9 Å². The fraction of sp³-hybridized carbons (Fsp3) is 0.346. The molecule has 8 heteroatoms. The van der Waals surface area contributed by atoms with Gasteiger partial charge in [-0.15, -0.1) is 0 Å². The number of fused-ring (bicyclic) bond motifs is 2. The molecule has 1 aromatic rings. The third-order valence-electron chi connectivity index (χ3n) is 6.24. The lowest BCUT2D eigenvalue weighted by atomic mass is 9.96. The van der Waals surface area contributed by atoms with Gasteiger partial charge in [0, 0.05) is 37.1 Å². The molecule has 2 atom stereocenters. The van der Waals surface area contributed by atoms with E-state index in [1.165, 1.54) is 0 Å². The highest BCUT2D eigenvalue weighted by Crippen LogP contribution is 2.33. The van der Waals surface area contributed by atoms with Crippen molar-refractivity contribution in [3.8, 4) is 5.75 Å². The van der Waals surface area contributed by atoms with Crippen LogP contribution in [-0.4, -0.2) is 44.9 Å². The van der Waals surface area contributed by atoms with Crippen LogP contribution in [0.2, 0.25) is 0 Å².